The Morgan fingerprint density at radius 1 is 1.17 bits per heavy atom. The molecular formula is C19H18N2O3. The van der Waals surface area contributed by atoms with Crippen LogP contribution in [0, 0.1) is 0 Å². The van der Waals surface area contributed by atoms with Gasteiger partial charge in [-0.3, -0.25) is 4.79 Å². The Bertz CT molecular complexity index is 878. The van der Waals surface area contributed by atoms with E-state index < -0.39 is 5.97 Å². The average molecular weight is 322 g/mol. The van der Waals surface area contributed by atoms with Crippen LogP contribution < -0.4 is 9.64 Å². The highest BCUT2D eigenvalue weighted by Crippen LogP contribution is 2.33. The fraction of sp³-hybridized carbons (Fsp3) is 0.158. The number of carboxylic acid groups (broad SMARTS) is 1. The predicted molar refractivity (Wildman–Crippen MR) is 94.6 cm³/mol. The number of fused-ring (bicyclic) bond motifs is 1. The summed E-state index contributed by atoms with van der Waals surface area (Å²) in [5.41, 5.74) is 2.83. The molecule has 5 nitrogen and oxygen atoms in total. The van der Waals surface area contributed by atoms with E-state index in [0.29, 0.717) is 5.82 Å². The Morgan fingerprint density at radius 2 is 1.92 bits per heavy atom. The number of aromatic nitrogens is 1. The van der Waals surface area contributed by atoms with Crippen molar-refractivity contribution in [2.75, 3.05) is 25.6 Å². The monoisotopic (exact) mass is 322 g/mol. The standard InChI is InChI=1S/C19H18N2O3/c1-21(12-19(22)23)18-11-15(13-6-4-3-5-7-13)16-10-14(24-2)8-9-17(16)20-18/h3-11H,12H2,1-2H3,(H,22,23). The first-order chi connectivity index (χ1) is 11.6. The fourth-order valence-corrected chi connectivity index (χ4v) is 2.65. The van der Waals surface area contributed by atoms with Crippen LogP contribution in [0.15, 0.2) is 54.6 Å². The van der Waals surface area contributed by atoms with Crippen LogP contribution >= 0.6 is 0 Å². The van der Waals surface area contributed by atoms with Gasteiger partial charge in [0.2, 0.25) is 0 Å². The first-order valence-corrected chi connectivity index (χ1v) is 7.55. The van der Waals surface area contributed by atoms with Crippen LogP contribution in [-0.4, -0.2) is 36.8 Å². The van der Waals surface area contributed by atoms with E-state index in [1.54, 1.807) is 19.1 Å². The number of aliphatic carboxylic acids is 1. The minimum Gasteiger partial charge on any atom is -0.497 e. The van der Waals surface area contributed by atoms with Crippen molar-refractivity contribution in [3.63, 3.8) is 0 Å². The lowest BCUT2D eigenvalue weighted by molar-refractivity contribution is -0.135. The highest BCUT2D eigenvalue weighted by atomic mass is 16.5. The summed E-state index contributed by atoms with van der Waals surface area (Å²) in [6.45, 7) is -0.108. The summed E-state index contributed by atoms with van der Waals surface area (Å²) in [5, 5.41) is 9.99. The lowest BCUT2D eigenvalue weighted by atomic mass is 10.0. The number of rotatable bonds is 5. The van der Waals surface area contributed by atoms with E-state index in [1.807, 2.05) is 54.6 Å². The van der Waals surface area contributed by atoms with Gasteiger partial charge in [-0.15, -0.1) is 0 Å². The van der Waals surface area contributed by atoms with Gasteiger partial charge in [0.15, 0.2) is 0 Å². The van der Waals surface area contributed by atoms with Crippen molar-refractivity contribution in [2.24, 2.45) is 0 Å². The van der Waals surface area contributed by atoms with Crippen LogP contribution in [0.1, 0.15) is 0 Å². The van der Waals surface area contributed by atoms with Gasteiger partial charge in [-0.2, -0.15) is 0 Å². The van der Waals surface area contributed by atoms with Crippen LogP contribution in [0.2, 0.25) is 0 Å². The molecule has 1 N–H and O–H groups in total. The number of methoxy groups -OCH3 is 1. The van der Waals surface area contributed by atoms with E-state index in [0.717, 1.165) is 27.8 Å². The Balaban J connectivity index is 2.22. The molecule has 3 aromatic rings. The molecule has 0 atom stereocenters. The van der Waals surface area contributed by atoms with Crippen molar-refractivity contribution < 1.29 is 14.6 Å². The lowest BCUT2D eigenvalue weighted by Gasteiger charge is -2.18. The van der Waals surface area contributed by atoms with Crippen molar-refractivity contribution in [1.29, 1.82) is 0 Å². The molecule has 0 aliphatic rings. The van der Waals surface area contributed by atoms with Gasteiger partial charge in [0.25, 0.3) is 0 Å². The minimum absolute atomic E-state index is 0.108. The number of carboxylic acids is 1. The van der Waals surface area contributed by atoms with Crippen LogP contribution in [-0.2, 0) is 4.79 Å². The molecule has 3 rings (SSSR count). The third-order valence-corrected chi connectivity index (χ3v) is 3.85. The summed E-state index contributed by atoms with van der Waals surface area (Å²) in [5.74, 6) is 0.484. The zero-order chi connectivity index (χ0) is 17.1. The molecule has 1 aromatic heterocycles. The SMILES string of the molecule is COc1ccc2nc(N(C)CC(=O)O)cc(-c3ccccc3)c2c1. The highest BCUT2D eigenvalue weighted by Gasteiger charge is 2.13. The summed E-state index contributed by atoms with van der Waals surface area (Å²) >= 11 is 0. The maximum absolute atomic E-state index is 11.0. The van der Waals surface area contributed by atoms with E-state index in [4.69, 9.17) is 9.84 Å². The zero-order valence-electron chi connectivity index (χ0n) is 13.6. The molecular weight excluding hydrogens is 304 g/mol. The third-order valence-electron chi connectivity index (χ3n) is 3.85. The van der Waals surface area contributed by atoms with E-state index >= 15 is 0 Å². The van der Waals surface area contributed by atoms with E-state index in [9.17, 15) is 4.79 Å². The van der Waals surface area contributed by atoms with Gasteiger partial charge in [0.05, 0.1) is 12.6 Å². The normalized spacial score (nSPS) is 10.6. The maximum Gasteiger partial charge on any atom is 0.323 e. The molecule has 122 valence electrons. The molecule has 0 radical (unpaired) electrons. The van der Waals surface area contributed by atoms with Crippen LogP contribution in [0.4, 0.5) is 5.82 Å². The van der Waals surface area contributed by atoms with Gasteiger partial charge in [0, 0.05) is 12.4 Å². The Morgan fingerprint density at radius 3 is 2.58 bits per heavy atom. The summed E-state index contributed by atoms with van der Waals surface area (Å²) in [6.07, 6.45) is 0. The second kappa shape index (κ2) is 6.58. The predicted octanol–water partition coefficient (Wildman–Crippen LogP) is 3.43. The molecule has 0 amide bonds. The molecule has 2 aromatic carbocycles. The van der Waals surface area contributed by atoms with Crippen LogP contribution in [0.25, 0.3) is 22.0 Å². The smallest absolute Gasteiger partial charge is 0.323 e. The molecule has 0 aliphatic heterocycles. The first-order valence-electron chi connectivity index (χ1n) is 7.55. The quantitative estimate of drug-likeness (QED) is 0.780. The van der Waals surface area contributed by atoms with Gasteiger partial charge in [-0.1, -0.05) is 30.3 Å². The number of likely N-dealkylation sites (N-methyl/N-ethyl adjacent to an activating group) is 1. The molecule has 0 aliphatic carbocycles. The molecule has 0 unspecified atom stereocenters. The number of hydrogen-bond donors (Lipinski definition) is 1. The number of benzene rings is 2. The van der Waals surface area contributed by atoms with E-state index in [1.165, 1.54) is 0 Å². The fourth-order valence-electron chi connectivity index (χ4n) is 2.65. The van der Waals surface area contributed by atoms with Crippen molar-refractivity contribution in [2.45, 2.75) is 0 Å². The van der Waals surface area contributed by atoms with E-state index in [-0.39, 0.29) is 6.54 Å². The number of hydrogen-bond acceptors (Lipinski definition) is 4. The second-order valence-electron chi connectivity index (χ2n) is 5.53. The minimum atomic E-state index is -0.893. The van der Waals surface area contributed by atoms with Crippen LogP contribution in [0.5, 0.6) is 5.75 Å². The molecule has 0 fully saturated rings. The van der Waals surface area contributed by atoms with Gasteiger partial charge in [0.1, 0.15) is 18.1 Å². The number of carbonyl (C=O) groups is 1. The summed E-state index contributed by atoms with van der Waals surface area (Å²) < 4.78 is 5.33. The van der Waals surface area contributed by atoms with Crippen LogP contribution in [0.3, 0.4) is 0 Å². The van der Waals surface area contributed by atoms with Gasteiger partial charge < -0.3 is 14.7 Å². The number of pyridine rings is 1. The lowest BCUT2D eigenvalue weighted by Crippen LogP contribution is -2.25. The molecule has 0 saturated heterocycles. The molecule has 24 heavy (non-hydrogen) atoms. The molecule has 0 bridgehead atoms. The average Bonchev–Trinajstić information content (AvgIpc) is 2.60. The number of anilines is 1. The van der Waals surface area contributed by atoms with Crippen molar-refractivity contribution in [3.05, 3.63) is 54.6 Å². The zero-order valence-corrected chi connectivity index (χ0v) is 13.6. The van der Waals surface area contributed by atoms with Crippen molar-refractivity contribution in [1.82, 2.24) is 4.98 Å². The summed E-state index contributed by atoms with van der Waals surface area (Å²) in [6, 6.07) is 17.6. The Labute approximate surface area is 140 Å². The Kier molecular flexibility index (Phi) is 4.33. The van der Waals surface area contributed by atoms with Crippen molar-refractivity contribution in [3.8, 4) is 16.9 Å². The molecule has 0 spiro atoms. The first kappa shape index (κ1) is 15.8. The largest absolute Gasteiger partial charge is 0.497 e. The molecule has 1 heterocycles. The molecule has 5 heteroatoms. The highest BCUT2D eigenvalue weighted by molar-refractivity contribution is 5.97. The number of ether oxygens (including phenoxy) is 1. The third kappa shape index (κ3) is 3.15. The van der Waals surface area contributed by atoms with Gasteiger partial charge in [-0.05, 0) is 35.4 Å². The maximum atomic E-state index is 11.0. The summed E-state index contributed by atoms with van der Waals surface area (Å²) in [7, 11) is 3.35. The van der Waals surface area contributed by atoms with E-state index in [2.05, 4.69) is 4.98 Å². The Hall–Kier alpha value is -3.08. The van der Waals surface area contributed by atoms with Gasteiger partial charge in [-0.25, -0.2) is 4.98 Å². The van der Waals surface area contributed by atoms with Gasteiger partial charge >= 0.3 is 5.97 Å². The topological polar surface area (TPSA) is 62.7 Å². The molecule has 0 saturated carbocycles. The van der Waals surface area contributed by atoms with Crippen molar-refractivity contribution >= 4 is 22.7 Å². The second-order valence-corrected chi connectivity index (χ2v) is 5.53. The summed E-state index contributed by atoms with van der Waals surface area (Å²) in [4.78, 5) is 17.2. The number of nitrogens with zero attached hydrogens (tertiary/aromatic N) is 2.